The average Bonchev–Trinajstić information content (AvgIpc) is 3.31. The van der Waals surface area contributed by atoms with E-state index >= 15 is 0 Å². The van der Waals surface area contributed by atoms with E-state index in [0.29, 0.717) is 4.90 Å². The maximum atomic E-state index is 13.5. The second kappa shape index (κ2) is 40.8. The number of anilines is 1. The van der Waals surface area contributed by atoms with Crippen LogP contribution in [0.15, 0.2) is 152 Å². The molecule has 2 aliphatic heterocycles. The Kier molecular flexibility index (Phi) is 41.7. The number of rotatable bonds is 6. The molecule has 0 amide bonds. The van der Waals surface area contributed by atoms with Crippen LogP contribution in [0.4, 0.5) is 18.9 Å². The molecule has 2 N–H and O–H groups in total. The zero-order valence-electron chi connectivity index (χ0n) is 40.6. The Balaban J connectivity index is -0.000000807. The van der Waals surface area contributed by atoms with Crippen LogP contribution >= 0.6 is 36.2 Å². The zero-order chi connectivity index (χ0) is 46.7. The van der Waals surface area contributed by atoms with Gasteiger partial charge in [0.15, 0.2) is 11.6 Å². The van der Waals surface area contributed by atoms with Gasteiger partial charge in [0.2, 0.25) is 0 Å². The Hall–Kier alpha value is -0.586. The fourth-order valence-electron chi connectivity index (χ4n) is 6.35. The van der Waals surface area contributed by atoms with Crippen LogP contribution in [0.25, 0.3) is 0 Å². The molecule has 0 spiro atoms. The smallest absolute Gasteiger partial charge is 1.00 e. The van der Waals surface area contributed by atoms with E-state index in [-0.39, 0.29) is 166 Å². The van der Waals surface area contributed by atoms with Gasteiger partial charge in [0.1, 0.15) is 5.82 Å². The van der Waals surface area contributed by atoms with Crippen molar-refractivity contribution >= 4 is 48.3 Å². The van der Waals surface area contributed by atoms with Gasteiger partial charge in [0.05, 0.1) is 5.69 Å². The van der Waals surface area contributed by atoms with Gasteiger partial charge in [-0.1, -0.05) is 134 Å². The van der Waals surface area contributed by atoms with E-state index in [1.807, 2.05) is 30.0 Å². The van der Waals surface area contributed by atoms with Crippen molar-refractivity contribution < 1.29 is 167 Å². The Labute approximate surface area is 539 Å². The van der Waals surface area contributed by atoms with Crippen molar-refractivity contribution in [2.75, 3.05) is 44.2 Å². The van der Waals surface area contributed by atoms with Crippen molar-refractivity contribution in [2.45, 2.75) is 100 Å². The predicted molar refractivity (Wildman–Crippen MR) is 276 cm³/mol. The van der Waals surface area contributed by atoms with Crippen LogP contribution in [0.5, 0.6) is 0 Å². The van der Waals surface area contributed by atoms with E-state index in [4.69, 9.17) is 10.1 Å². The Morgan fingerprint density at radius 2 is 0.956 bits per heavy atom. The molecule has 0 atom stereocenters. The summed E-state index contributed by atoms with van der Waals surface area (Å²) in [5.41, 5.74) is 9.01. The molecule has 2 fully saturated rings. The number of carbonyl (C=O) groups is 1. The Morgan fingerprint density at radius 1 is 0.559 bits per heavy atom. The van der Waals surface area contributed by atoms with Crippen LogP contribution in [-0.4, -0.2) is 45.7 Å². The van der Waals surface area contributed by atoms with E-state index in [1.165, 1.54) is 111 Å². The van der Waals surface area contributed by atoms with Gasteiger partial charge in [-0.05, 0) is 139 Å². The van der Waals surface area contributed by atoms with Crippen LogP contribution in [0.3, 0.4) is 0 Å². The third kappa shape index (κ3) is 28.0. The summed E-state index contributed by atoms with van der Waals surface area (Å²) in [6.07, 6.45) is 4.22. The summed E-state index contributed by atoms with van der Waals surface area (Å²) >= 11 is 7.60. The summed E-state index contributed by atoms with van der Waals surface area (Å²) in [5, 5.41) is 15.1. The van der Waals surface area contributed by atoms with Crippen molar-refractivity contribution in [3.63, 3.8) is 0 Å². The van der Waals surface area contributed by atoms with E-state index in [1.54, 1.807) is 12.1 Å². The minimum absolute atomic E-state index is 0. The number of aryl methyl sites for hydroxylation is 6. The van der Waals surface area contributed by atoms with Gasteiger partial charge in [-0.15, -0.1) is 12.6 Å². The van der Waals surface area contributed by atoms with Gasteiger partial charge in [-0.3, -0.25) is 4.79 Å². The van der Waals surface area contributed by atoms with Gasteiger partial charge in [-0.2, -0.15) is 0 Å². The maximum absolute atomic E-state index is 13.5. The number of nitrogens with zero attached hydrogens (tertiary/aromatic N) is 1. The average molecular weight is 1230 g/mol. The fraction of sp³-hybridized carbons (Fsp3) is 0.315. The predicted octanol–water partition coefficient (Wildman–Crippen LogP) is 7.60. The molecule has 360 valence electrons. The molecule has 8 rings (SSSR count). The first-order chi connectivity index (χ1) is 30.8. The summed E-state index contributed by atoms with van der Waals surface area (Å²) in [5.74, 6) is -1.76. The molecule has 14 heteroatoms. The molecule has 0 aliphatic carbocycles. The number of halogens is 3. The molecule has 6 nitrogen and oxygen atoms in total. The third-order valence-electron chi connectivity index (χ3n) is 9.68. The number of hydrogen-bond acceptors (Lipinski definition) is 9. The number of piperidine rings is 1. The molecular weight excluding hydrogens is 1160 g/mol. The number of thiol groups is 1. The van der Waals surface area contributed by atoms with Gasteiger partial charge in [-0.25, -0.2) is 13.2 Å². The first kappa shape index (κ1) is 69.5. The number of piperazine rings is 1. The fourth-order valence-corrected chi connectivity index (χ4v) is 8.43. The molecule has 0 aromatic heterocycles. The molecule has 68 heavy (non-hydrogen) atoms. The molecule has 0 saturated carbocycles. The minimum Gasteiger partial charge on any atom is -1.00 e. The summed E-state index contributed by atoms with van der Waals surface area (Å²) in [7, 11) is 0. The molecule has 6 aromatic carbocycles. The number of benzene rings is 6. The monoisotopic (exact) mass is 1230 g/mol. The number of hydrogen-bond donors (Lipinski definition) is 3. The van der Waals surface area contributed by atoms with Crippen LogP contribution < -0.4 is 159 Å². The molecule has 2 aliphatic rings. The third-order valence-corrected chi connectivity index (χ3v) is 12.7. The maximum Gasteiger partial charge on any atom is 1.00 e. The molecule has 2 heterocycles. The SMILES string of the molecule is C.C.C1CCNCC1.Cc1ccc(S)c(C)c1.Cc1ccc(Sc2ccccc2F)c(C)c1.Cc1ccc(Sc2ccccc2N2CCNCC2)c(C)c1.Fc1ccccc1F.O=CO[O-].[Cs+].[Cs+].[H-]. The largest absolute Gasteiger partial charge is 1.00 e. The van der Waals surface area contributed by atoms with E-state index in [0.717, 1.165) is 48.1 Å². The summed E-state index contributed by atoms with van der Waals surface area (Å²) in [4.78, 5) is 19.3. The van der Waals surface area contributed by atoms with Crippen molar-refractivity contribution in [3.05, 3.63) is 178 Å². The van der Waals surface area contributed by atoms with Crippen LogP contribution in [0, 0.1) is 59.0 Å². The van der Waals surface area contributed by atoms with Gasteiger partial charge in [0, 0.05) is 50.7 Å². The minimum atomic E-state index is -0.799. The number of nitrogens with one attached hydrogen (secondary N) is 2. The first-order valence-electron chi connectivity index (χ1n) is 21.2. The first-order valence-corrected chi connectivity index (χ1v) is 23.3. The van der Waals surface area contributed by atoms with Crippen molar-refractivity contribution in [1.82, 2.24) is 10.6 Å². The van der Waals surface area contributed by atoms with Crippen LogP contribution in [-0.2, 0) is 9.68 Å². The normalized spacial score (nSPS) is 12.0. The van der Waals surface area contributed by atoms with Crippen molar-refractivity contribution in [3.8, 4) is 0 Å². The number of para-hydroxylation sites is 1. The molecule has 6 aromatic rings. The van der Waals surface area contributed by atoms with Gasteiger partial charge >= 0.3 is 138 Å². The van der Waals surface area contributed by atoms with E-state index in [9.17, 15) is 13.2 Å². The van der Waals surface area contributed by atoms with Crippen LogP contribution in [0.1, 0.15) is 68.9 Å². The molecule has 0 radical (unpaired) electrons. The zero-order valence-corrected chi connectivity index (χ0v) is 54.7. The number of carbonyl (C=O) groups excluding carboxylic acids is 1. The Morgan fingerprint density at radius 3 is 1.34 bits per heavy atom. The second-order valence-electron chi connectivity index (χ2n) is 15.1. The quantitative estimate of drug-likeness (QED) is 0.0683. The molecule has 2 saturated heterocycles. The standard InChI is InChI=1S/C18H22N2S.C14H13FS.C8H10S.C6H4F2.C5H11N.CH2O3.2CH4.2Cs.H/c1-14-7-8-17(15(2)13-14)21-18-6-4-3-5-16(18)20-11-9-19-10-12-20;1-10-7-8-13(11(2)9-10)16-14-6-4-3-5-12(14)15;1-6-3-4-8(9)7(2)5-6;7-5-3-1-2-4-6(5)8;1-2-4-6-5-3-1;2-1-4-3;;;;;/h3-8,13,19H,9-12H2,1-2H3;3-9H,1-2H3;3-5,9H,1-2H3;1-4H;6H,1-5H2;1,3H;2*1H4;;;/q;;;;;;;;2*+1;-1/p-1. The second-order valence-corrected chi connectivity index (χ2v) is 17.7. The van der Waals surface area contributed by atoms with Gasteiger partial charge in [0.25, 0.3) is 6.47 Å². The Bertz CT molecular complexity index is 2280. The molecular formula is C54H70Cs2F3N3O3S3. The molecule has 0 unspecified atom stereocenters. The van der Waals surface area contributed by atoms with E-state index < -0.39 is 11.6 Å². The van der Waals surface area contributed by atoms with Gasteiger partial charge < -0.3 is 27.1 Å². The van der Waals surface area contributed by atoms with E-state index in [2.05, 4.69) is 141 Å². The summed E-state index contributed by atoms with van der Waals surface area (Å²) in [6, 6.07) is 39.8. The van der Waals surface area contributed by atoms with Crippen LogP contribution in [0.2, 0.25) is 0 Å². The molecule has 0 bridgehead atoms. The summed E-state index contributed by atoms with van der Waals surface area (Å²) < 4.78 is 37.4. The van der Waals surface area contributed by atoms with Crippen molar-refractivity contribution in [2.24, 2.45) is 0 Å². The summed E-state index contributed by atoms with van der Waals surface area (Å²) in [6.45, 7) is 19.2. The van der Waals surface area contributed by atoms with Crippen molar-refractivity contribution in [1.29, 1.82) is 0 Å². The topological polar surface area (TPSA) is 76.7 Å².